The molecule has 0 radical (unpaired) electrons. The first-order valence-electron chi connectivity index (χ1n) is 4.06. The summed E-state index contributed by atoms with van der Waals surface area (Å²) >= 11 is 0. The second-order valence-electron chi connectivity index (χ2n) is 3.94. The van der Waals surface area contributed by atoms with Crippen LogP contribution in [0.1, 0.15) is 32.2 Å². The fourth-order valence-corrected chi connectivity index (χ4v) is 1.15. The Bertz CT molecular complexity index is 309. The van der Waals surface area contributed by atoms with E-state index in [1.807, 2.05) is 20.8 Å². The zero-order valence-electron chi connectivity index (χ0n) is 8.00. The van der Waals surface area contributed by atoms with Gasteiger partial charge in [0, 0.05) is 5.41 Å². The molecule has 1 aromatic rings. The zero-order valence-corrected chi connectivity index (χ0v) is 8.00. The van der Waals surface area contributed by atoms with Crippen LogP contribution in [0.3, 0.4) is 0 Å². The van der Waals surface area contributed by atoms with Crippen LogP contribution in [0.25, 0.3) is 0 Å². The van der Waals surface area contributed by atoms with Crippen LogP contribution in [0, 0.1) is 0 Å². The molecule has 0 fully saturated rings. The number of carbonyl (C=O) groups is 1. The first-order chi connectivity index (χ1) is 5.91. The molecule has 1 rings (SSSR count). The average Bonchev–Trinajstić information content (AvgIpc) is 2.31. The highest BCUT2D eigenvalue weighted by atomic mass is 16.4. The number of aromatic nitrogens is 1. The number of oxazole rings is 1. The molecule has 4 nitrogen and oxygen atoms in total. The summed E-state index contributed by atoms with van der Waals surface area (Å²) < 4.78 is 5.01. The van der Waals surface area contributed by atoms with Crippen LogP contribution in [0.15, 0.2) is 10.8 Å². The monoisotopic (exact) mass is 183 g/mol. The SMILES string of the molecule is CC(C)(C)c1ncoc1CC(=O)O. The highest BCUT2D eigenvalue weighted by Gasteiger charge is 2.23. The molecular formula is C9H13NO3. The molecule has 0 spiro atoms. The molecule has 0 saturated heterocycles. The Morgan fingerprint density at radius 2 is 2.23 bits per heavy atom. The molecule has 1 N–H and O–H groups in total. The van der Waals surface area contributed by atoms with Gasteiger partial charge in [-0.05, 0) is 0 Å². The zero-order chi connectivity index (χ0) is 10.1. The van der Waals surface area contributed by atoms with Gasteiger partial charge in [-0.2, -0.15) is 0 Å². The van der Waals surface area contributed by atoms with Gasteiger partial charge >= 0.3 is 5.97 Å². The molecule has 0 saturated carbocycles. The first kappa shape index (κ1) is 9.77. The van der Waals surface area contributed by atoms with Crippen molar-refractivity contribution < 1.29 is 14.3 Å². The van der Waals surface area contributed by atoms with Gasteiger partial charge in [-0.25, -0.2) is 4.98 Å². The van der Waals surface area contributed by atoms with Crippen LogP contribution in [-0.2, 0) is 16.6 Å². The standard InChI is InChI=1S/C9H13NO3/c1-9(2,3)8-6(4-7(11)12)13-5-10-8/h5H,4H2,1-3H3,(H,11,12). The Morgan fingerprint density at radius 1 is 1.62 bits per heavy atom. The van der Waals surface area contributed by atoms with Gasteiger partial charge in [0.25, 0.3) is 0 Å². The second-order valence-corrected chi connectivity index (χ2v) is 3.94. The Hall–Kier alpha value is -1.32. The van der Waals surface area contributed by atoms with Crippen molar-refractivity contribution in [3.63, 3.8) is 0 Å². The van der Waals surface area contributed by atoms with Crippen LogP contribution in [0.5, 0.6) is 0 Å². The van der Waals surface area contributed by atoms with Crippen LogP contribution in [-0.4, -0.2) is 16.1 Å². The molecule has 0 aliphatic carbocycles. The molecule has 0 amide bonds. The predicted molar refractivity (Wildman–Crippen MR) is 46.5 cm³/mol. The van der Waals surface area contributed by atoms with E-state index in [1.54, 1.807) is 0 Å². The molecule has 0 aliphatic heterocycles. The van der Waals surface area contributed by atoms with E-state index < -0.39 is 5.97 Å². The average molecular weight is 183 g/mol. The molecule has 0 atom stereocenters. The predicted octanol–water partition coefficient (Wildman–Crippen LogP) is 1.60. The summed E-state index contributed by atoms with van der Waals surface area (Å²) in [4.78, 5) is 14.5. The van der Waals surface area contributed by atoms with Crippen molar-refractivity contribution in [3.05, 3.63) is 17.8 Å². The molecule has 0 unspecified atom stereocenters. The van der Waals surface area contributed by atoms with Crippen molar-refractivity contribution in [2.75, 3.05) is 0 Å². The van der Waals surface area contributed by atoms with Gasteiger partial charge in [-0.15, -0.1) is 0 Å². The van der Waals surface area contributed by atoms with E-state index in [2.05, 4.69) is 4.98 Å². The third-order valence-corrected chi connectivity index (χ3v) is 1.66. The van der Waals surface area contributed by atoms with E-state index in [9.17, 15) is 4.79 Å². The summed E-state index contributed by atoms with van der Waals surface area (Å²) in [6, 6.07) is 0. The van der Waals surface area contributed by atoms with Crippen molar-refractivity contribution in [1.29, 1.82) is 0 Å². The lowest BCUT2D eigenvalue weighted by atomic mass is 9.90. The Labute approximate surface area is 76.6 Å². The van der Waals surface area contributed by atoms with Gasteiger partial charge in [0.15, 0.2) is 6.39 Å². The summed E-state index contributed by atoms with van der Waals surface area (Å²) in [7, 11) is 0. The molecule has 0 aromatic carbocycles. The fraction of sp³-hybridized carbons (Fsp3) is 0.556. The van der Waals surface area contributed by atoms with E-state index in [1.165, 1.54) is 6.39 Å². The number of hydrogen-bond acceptors (Lipinski definition) is 3. The normalized spacial score (nSPS) is 11.6. The molecule has 1 heterocycles. The van der Waals surface area contributed by atoms with Crippen LogP contribution >= 0.6 is 0 Å². The number of rotatable bonds is 2. The lowest BCUT2D eigenvalue weighted by Crippen LogP contribution is -2.15. The Morgan fingerprint density at radius 3 is 2.69 bits per heavy atom. The number of carboxylic acids is 1. The molecule has 4 heteroatoms. The van der Waals surface area contributed by atoms with E-state index in [-0.39, 0.29) is 11.8 Å². The topological polar surface area (TPSA) is 63.3 Å². The molecular weight excluding hydrogens is 170 g/mol. The number of aliphatic carboxylic acids is 1. The number of nitrogens with zero attached hydrogens (tertiary/aromatic N) is 1. The van der Waals surface area contributed by atoms with Crippen molar-refractivity contribution >= 4 is 5.97 Å². The summed E-state index contributed by atoms with van der Waals surface area (Å²) in [5.41, 5.74) is 0.549. The maximum Gasteiger partial charge on any atom is 0.311 e. The minimum atomic E-state index is -0.901. The van der Waals surface area contributed by atoms with Crippen LogP contribution in [0.4, 0.5) is 0 Å². The van der Waals surface area contributed by atoms with E-state index in [0.717, 1.165) is 5.69 Å². The van der Waals surface area contributed by atoms with Gasteiger partial charge in [-0.3, -0.25) is 4.79 Å². The van der Waals surface area contributed by atoms with Crippen molar-refractivity contribution in [2.24, 2.45) is 0 Å². The third kappa shape index (κ3) is 2.31. The van der Waals surface area contributed by atoms with Crippen molar-refractivity contribution in [1.82, 2.24) is 4.98 Å². The van der Waals surface area contributed by atoms with Crippen LogP contribution in [0.2, 0.25) is 0 Å². The second kappa shape index (κ2) is 3.20. The molecule has 13 heavy (non-hydrogen) atoms. The maximum atomic E-state index is 10.5. The summed E-state index contributed by atoms with van der Waals surface area (Å²) in [5, 5.41) is 8.59. The van der Waals surface area contributed by atoms with Gasteiger partial charge in [0.2, 0.25) is 0 Å². The number of hydrogen-bond donors (Lipinski definition) is 1. The largest absolute Gasteiger partial charge is 0.481 e. The summed E-state index contributed by atoms with van der Waals surface area (Å²) in [5.74, 6) is -0.456. The summed E-state index contributed by atoms with van der Waals surface area (Å²) in [6.45, 7) is 5.91. The van der Waals surface area contributed by atoms with Gasteiger partial charge in [0.1, 0.15) is 12.2 Å². The van der Waals surface area contributed by atoms with Gasteiger partial charge < -0.3 is 9.52 Å². The highest BCUT2D eigenvalue weighted by molar-refractivity contribution is 5.69. The summed E-state index contributed by atoms with van der Waals surface area (Å²) in [6.07, 6.45) is 1.19. The van der Waals surface area contributed by atoms with E-state index >= 15 is 0 Å². The first-order valence-corrected chi connectivity index (χ1v) is 4.06. The van der Waals surface area contributed by atoms with Crippen LogP contribution < -0.4 is 0 Å². The van der Waals surface area contributed by atoms with Crippen molar-refractivity contribution in [3.8, 4) is 0 Å². The molecule has 72 valence electrons. The van der Waals surface area contributed by atoms with E-state index in [4.69, 9.17) is 9.52 Å². The Balaban J connectivity index is 2.96. The lowest BCUT2D eigenvalue weighted by Gasteiger charge is -2.15. The quantitative estimate of drug-likeness (QED) is 0.756. The highest BCUT2D eigenvalue weighted by Crippen LogP contribution is 2.24. The molecule has 1 aromatic heterocycles. The maximum absolute atomic E-state index is 10.5. The molecule has 0 bridgehead atoms. The minimum Gasteiger partial charge on any atom is -0.481 e. The fourth-order valence-electron chi connectivity index (χ4n) is 1.15. The van der Waals surface area contributed by atoms with Gasteiger partial charge in [0.05, 0.1) is 5.69 Å². The Kier molecular flexibility index (Phi) is 2.40. The van der Waals surface area contributed by atoms with Crippen molar-refractivity contribution in [2.45, 2.75) is 32.6 Å². The third-order valence-electron chi connectivity index (χ3n) is 1.66. The smallest absolute Gasteiger partial charge is 0.311 e. The minimum absolute atomic E-state index is 0.105. The lowest BCUT2D eigenvalue weighted by molar-refractivity contribution is -0.136. The van der Waals surface area contributed by atoms with E-state index in [0.29, 0.717) is 5.76 Å². The number of carboxylic acid groups (broad SMARTS) is 1. The molecule has 0 aliphatic rings. The van der Waals surface area contributed by atoms with Gasteiger partial charge in [-0.1, -0.05) is 20.8 Å².